The van der Waals surface area contributed by atoms with E-state index < -0.39 is 0 Å². The molecular formula is C27H39N3O2. The van der Waals surface area contributed by atoms with Crippen molar-refractivity contribution in [1.82, 2.24) is 5.32 Å². The molecule has 32 heavy (non-hydrogen) atoms. The van der Waals surface area contributed by atoms with Crippen molar-refractivity contribution in [3.63, 3.8) is 0 Å². The first-order valence-corrected chi connectivity index (χ1v) is 11.6. The van der Waals surface area contributed by atoms with Gasteiger partial charge >= 0.3 is 0 Å². The van der Waals surface area contributed by atoms with Crippen molar-refractivity contribution < 1.29 is 9.59 Å². The number of benzene rings is 2. The van der Waals surface area contributed by atoms with E-state index in [1.165, 1.54) is 0 Å². The van der Waals surface area contributed by atoms with Crippen molar-refractivity contribution in [3.05, 3.63) is 59.7 Å². The number of nitrogens with one attached hydrogen (secondary N) is 1. The standard InChI is InChI=1S/C27H39N3O2/c1-5-27(4,25(32)21-11-15-23(29)16-12-21)18-7-19-30-26(2,3)17-6-8-24(31)20-9-13-22(28)14-10-20/h9-16,30H,5-8,17-19,28-29H2,1-4H3. The molecule has 0 fully saturated rings. The number of nitrogen functional groups attached to an aromatic ring is 2. The molecule has 5 heteroatoms. The lowest BCUT2D eigenvalue weighted by Crippen LogP contribution is -2.40. The monoisotopic (exact) mass is 437 g/mol. The Labute approximate surface area is 193 Å². The largest absolute Gasteiger partial charge is 0.399 e. The summed E-state index contributed by atoms with van der Waals surface area (Å²) in [4.78, 5) is 25.4. The summed E-state index contributed by atoms with van der Waals surface area (Å²) >= 11 is 0. The molecular weight excluding hydrogens is 398 g/mol. The molecule has 0 aliphatic heterocycles. The van der Waals surface area contributed by atoms with Gasteiger partial charge < -0.3 is 16.8 Å². The third kappa shape index (κ3) is 7.49. The van der Waals surface area contributed by atoms with Crippen LogP contribution in [0.15, 0.2) is 48.5 Å². The van der Waals surface area contributed by atoms with Crippen LogP contribution in [0.25, 0.3) is 0 Å². The molecule has 0 amide bonds. The van der Waals surface area contributed by atoms with E-state index in [9.17, 15) is 9.59 Å². The van der Waals surface area contributed by atoms with Gasteiger partial charge in [0.05, 0.1) is 0 Å². The quantitative estimate of drug-likeness (QED) is 0.214. The molecule has 2 aromatic rings. The van der Waals surface area contributed by atoms with Gasteiger partial charge in [-0.1, -0.05) is 13.8 Å². The van der Waals surface area contributed by atoms with E-state index in [2.05, 4.69) is 33.0 Å². The van der Waals surface area contributed by atoms with E-state index in [0.717, 1.165) is 49.8 Å². The maximum Gasteiger partial charge on any atom is 0.168 e. The Morgan fingerprint density at radius 1 is 0.812 bits per heavy atom. The zero-order valence-electron chi connectivity index (χ0n) is 20.0. The molecule has 1 unspecified atom stereocenters. The second-order valence-electron chi connectivity index (χ2n) is 9.68. The molecule has 5 N–H and O–H groups in total. The first-order chi connectivity index (χ1) is 15.1. The number of nitrogens with two attached hydrogens (primary N) is 2. The van der Waals surface area contributed by atoms with Crippen molar-refractivity contribution in [1.29, 1.82) is 0 Å². The van der Waals surface area contributed by atoms with Gasteiger partial charge in [0.25, 0.3) is 0 Å². The summed E-state index contributed by atoms with van der Waals surface area (Å²) in [6.45, 7) is 9.30. The average Bonchev–Trinajstić information content (AvgIpc) is 2.77. The summed E-state index contributed by atoms with van der Waals surface area (Å²) in [5, 5.41) is 3.61. The molecule has 0 aliphatic carbocycles. The van der Waals surface area contributed by atoms with Gasteiger partial charge in [0.15, 0.2) is 11.6 Å². The summed E-state index contributed by atoms with van der Waals surface area (Å²) in [5.74, 6) is 0.334. The van der Waals surface area contributed by atoms with E-state index in [4.69, 9.17) is 11.5 Å². The van der Waals surface area contributed by atoms with Crippen molar-refractivity contribution >= 4 is 22.9 Å². The highest BCUT2D eigenvalue weighted by Crippen LogP contribution is 2.32. The molecule has 0 aliphatic rings. The zero-order valence-corrected chi connectivity index (χ0v) is 20.0. The maximum atomic E-state index is 13.0. The molecule has 0 aromatic heterocycles. The zero-order chi connectivity index (χ0) is 23.8. The first kappa shape index (κ1) is 25.6. The van der Waals surface area contributed by atoms with Gasteiger partial charge in [-0.25, -0.2) is 0 Å². The number of carbonyl (C=O) groups excluding carboxylic acids is 2. The Hall–Kier alpha value is -2.66. The van der Waals surface area contributed by atoms with Crippen LogP contribution in [-0.4, -0.2) is 23.7 Å². The first-order valence-electron chi connectivity index (χ1n) is 11.6. The van der Waals surface area contributed by atoms with Crippen molar-refractivity contribution in [2.75, 3.05) is 18.0 Å². The summed E-state index contributed by atoms with van der Waals surface area (Å²) in [6.07, 6.45) is 4.80. The lowest BCUT2D eigenvalue weighted by molar-refractivity contribution is 0.0791. The molecule has 2 rings (SSSR count). The number of anilines is 2. The normalized spacial score (nSPS) is 13.5. The molecule has 5 nitrogen and oxygen atoms in total. The number of Topliss-reactive ketones (excluding diaryl/α,β-unsaturated/α-hetero) is 2. The van der Waals surface area contributed by atoms with E-state index in [1.54, 1.807) is 36.4 Å². The topological polar surface area (TPSA) is 98.2 Å². The highest BCUT2D eigenvalue weighted by molar-refractivity contribution is 6.00. The predicted molar refractivity (Wildman–Crippen MR) is 134 cm³/mol. The minimum absolute atomic E-state index is 0.0645. The molecule has 2 aromatic carbocycles. The van der Waals surface area contributed by atoms with Gasteiger partial charge in [-0.2, -0.15) is 0 Å². The third-order valence-corrected chi connectivity index (χ3v) is 6.45. The van der Waals surface area contributed by atoms with Gasteiger partial charge in [0.1, 0.15) is 0 Å². The fourth-order valence-corrected chi connectivity index (χ4v) is 3.93. The number of hydrogen-bond acceptors (Lipinski definition) is 5. The highest BCUT2D eigenvalue weighted by Gasteiger charge is 2.31. The second kappa shape index (κ2) is 11.3. The van der Waals surface area contributed by atoms with Crippen LogP contribution in [0.5, 0.6) is 0 Å². The third-order valence-electron chi connectivity index (χ3n) is 6.45. The van der Waals surface area contributed by atoms with Crippen LogP contribution < -0.4 is 16.8 Å². The molecule has 0 bridgehead atoms. The fraction of sp³-hybridized carbons (Fsp3) is 0.481. The molecule has 0 saturated carbocycles. The van der Waals surface area contributed by atoms with Crippen LogP contribution in [0.4, 0.5) is 11.4 Å². The molecule has 0 radical (unpaired) electrons. The lowest BCUT2D eigenvalue weighted by atomic mass is 9.76. The SMILES string of the molecule is CCC(C)(CCCNC(C)(C)CCCC(=O)c1ccc(N)cc1)C(=O)c1ccc(N)cc1. The van der Waals surface area contributed by atoms with E-state index in [1.807, 2.05) is 12.1 Å². The van der Waals surface area contributed by atoms with E-state index in [-0.39, 0.29) is 22.5 Å². The van der Waals surface area contributed by atoms with E-state index >= 15 is 0 Å². The Balaban J connectivity index is 1.76. The predicted octanol–water partition coefficient (Wildman–Crippen LogP) is 5.65. The summed E-state index contributed by atoms with van der Waals surface area (Å²) in [6, 6.07) is 14.3. The fourth-order valence-electron chi connectivity index (χ4n) is 3.93. The minimum Gasteiger partial charge on any atom is -0.399 e. The van der Waals surface area contributed by atoms with Crippen molar-refractivity contribution in [2.45, 2.75) is 71.8 Å². The minimum atomic E-state index is -0.382. The van der Waals surface area contributed by atoms with Gasteiger partial charge in [-0.05, 0) is 101 Å². The van der Waals surface area contributed by atoms with Gasteiger partial charge in [-0.15, -0.1) is 0 Å². The summed E-state index contributed by atoms with van der Waals surface area (Å²) in [7, 11) is 0. The van der Waals surface area contributed by atoms with Gasteiger partial charge in [-0.3, -0.25) is 9.59 Å². The van der Waals surface area contributed by atoms with Crippen LogP contribution in [0.1, 0.15) is 86.9 Å². The van der Waals surface area contributed by atoms with Crippen LogP contribution >= 0.6 is 0 Å². The van der Waals surface area contributed by atoms with Crippen LogP contribution in [0, 0.1) is 5.41 Å². The lowest BCUT2D eigenvalue weighted by Gasteiger charge is -2.29. The number of carbonyl (C=O) groups is 2. The van der Waals surface area contributed by atoms with Crippen molar-refractivity contribution in [2.24, 2.45) is 5.41 Å². The Morgan fingerprint density at radius 3 is 1.88 bits per heavy atom. The average molecular weight is 438 g/mol. The van der Waals surface area contributed by atoms with Crippen LogP contribution in [-0.2, 0) is 0 Å². The molecule has 0 saturated heterocycles. The Bertz CT molecular complexity index is 888. The number of hydrogen-bond donors (Lipinski definition) is 3. The summed E-state index contributed by atoms with van der Waals surface area (Å²) < 4.78 is 0. The highest BCUT2D eigenvalue weighted by atomic mass is 16.1. The van der Waals surface area contributed by atoms with Gasteiger partial charge in [0, 0.05) is 39.9 Å². The number of rotatable bonds is 13. The Morgan fingerprint density at radius 2 is 1.34 bits per heavy atom. The number of ketones is 2. The molecule has 1 atom stereocenters. The molecule has 0 heterocycles. The van der Waals surface area contributed by atoms with E-state index in [0.29, 0.717) is 17.8 Å². The second-order valence-corrected chi connectivity index (χ2v) is 9.68. The smallest absolute Gasteiger partial charge is 0.168 e. The van der Waals surface area contributed by atoms with Crippen molar-refractivity contribution in [3.8, 4) is 0 Å². The van der Waals surface area contributed by atoms with Gasteiger partial charge in [0.2, 0.25) is 0 Å². The summed E-state index contributed by atoms with van der Waals surface area (Å²) in [5.41, 5.74) is 13.8. The maximum absolute atomic E-state index is 13.0. The molecule has 174 valence electrons. The molecule has 0 spiro atoms. The Kier molecular flexibility index (Phi) is 9.02. The van der Waals surface area contributed by atoms with Crippen LogP contribution in [0.2, 0.25) is 0 Å². The van der Waals surface area contributed by atoms with Crippen LogP contribution in [0.3, 0.4) is 0 Å².